The highest BCUT2D eigenvalue weighted by Crippen LogP contribution is 2.16. The third-order valence-electron chi connectivity index (χ3n) is 4.57. The number of aromatic nitrogens is 1. The average Bonchev–Trinajstić information content (AvgIpc) is 2.95. The highest BCUT2D eigenvalue weighted by Gasteiger charge is 2.12. The lowest BCUT2D eigenvalue weighted by molar-refractivity contribution is -0.114. The summed E-state index contributed by atoms with van der Waals surface area (Å²) in [5.74, 6) is -0.432. The molecule has 6 nitrogen and oxygen atoms in total. The summed E-state index contributed by atoms with van der Waals surface area (Å²) in [7, 11) is 0. The molecule has 7 heteroatoms. The van der Waals surface area contributed by atoms with Crippen molar-refractivity contribution in [2.24, 2.45) is 0 Å². The van der Waals surface area contributed by atoms with E-state index in [1.807, 2.05) is 12.1 Å². The lowest BCUT2D eigenvalue weighted by Gasteiger charge is -2.20. The van der Waals surface area contributed by atoms with Gasteiger partial charge in [-0.05, 0) is 37.1 Å². The van der Waals surface area contributed by atoms with Crippen molar-refractivity contribution in [2.75, 3.05) is 18.4 Å². The minimum Gasteiger partial charge on any atom is -0.347 e. The number of anilines is 1. The number of benzene rings is 1. The Bertz CT molecular complexity index is 782. The first kappa shape index (κ1) is 19.5. The fourth-order valence-corrected chi connectivity index (χ4v) is 3.99. The molecular weight excluding hydrogens is 360 g/mol. The number of thiazole rings is 1. The predicted octanol–water partition coefficient (Wildman–Crippen LogP) is 3.41. The molecule has 1 aliphatic rings. The quantitative estimate of drug-likeness (QED) is 0.798. The van der Waals surface area contributed by atoms with Gasteiger partial charge in [-0.1, -0.05) is 37.1 Å². The highest BCUT2D eigenvalue weighted by molar-refractivity contribution is 7.14. The van der Waals surface area contributed by atoms with Gasteiger partial charge in [0.05, 0.1) is 0 Å². The molecule has 0 radical (unpaired) electrons. The second-order valence-electron chi connectivity index (χ2n) is 6.91. The largest absolute Gasteiger partial charge is 0.347 e. The third kappa shape index (κ3) is 6.15. The molecule has 2 amide bonds. The van der Waals surface area contributed by atoms with Crippen LogP contribution >= 0.6 is 11.3 Å². The van der Waals surface area contributed by atoms with E-state index in [0.29, 0.717) is 17.4 Å². The van der Waals surface area contributed by atoms with Crippen molar-refractivity contribution in [3.63, 3.8) is 0 Å². The molecule has 27 heavy (non-hydrogen) atoms. The van der Waals surface area contributed by atoms with E-state index in [2.05, 4.69) is 32.7 Å². The number of nitrogens with zero attached hydrogens (tertiary/aromatic N) is 2. The zero-order valence-corrected chi connectivity index (χ0v) is 16.5. The van der Waals surface area contributed by atoms with Gasteiger partial charge in [0, 0.05) is 25.4 Å². The van der Waals surface area contributed by atoms with Crippen LogP contribution in [-0.2, 0) is 17.9 Å². The number of carbonyl (C=O) groups is 2. The van der Waals surface area contributed by atoms with E-state index in [1.165, 1.54) is 62.6 Å². The van der Waals surface area contributed by atoms with E-state index >= 15 is 0 Å². The van der Waals surface area contributed by atoms with Crippen LogP contribution < -0.4 is 10.6 Å². The smallest absolute Gasteiger partial charge is 0.271 e. The monoisotopic (exact) mass is 386 g/mol. The van der Waals surface area contributed by atoms with Gasteiger partial charge in [-0.3, -0.25) is 14.5 Å². The molecular formula is C20H26N4O2S. The molecule has 1 aromatic heterocycles. The maximum absolute atomic E-state index is 12.3. The Labute approximate surface area is 164 Å². The zero-order chi connectivity index (χ0) is 19.1. The Morgan fingerprint density at radius 1 is 1.15 bits per heavy atom. The molecule has 2 aromatic rings. The van der Waals surface area contributed by atoms with Gasteiger partial charge in [0.25, 0.3) is 5.91 Å². The normalized spacial score (nSPS) is 15.1. The van der Waals surface area contributed by atoms with Crippen LogP contribution in [0.1, 0.15) is 54.2 Å². The molecule has 0 bridgehead atoms. The van der Waals surface area contributed by atoms with Crippen LogP contribution in [0.25, 0.3) is 0 Å². The van der Waals surface area contributed by atoms with Gasteiger partial charge in [0.15, 0.2) is 5.13 Å². The summed E-state index contributed by atoms with van der Waals surface area (Å²) in [5.41, 5.74) is 2.68. The van der Waals surface area contributed by atoms with E-state index in [0.717, 1.165) is 12.1 Å². The molecule has 2 N–H and O–H groups in total. The lowest BCUT2D eigenvalue weighted by Crippen LogP contribution is -2.25. The maximum Gasteiger partial charge on any atom is 0.271 e. The number of likely N-dealkylation sites (tertiary alicyclic amines) is 1. The molecule has 3 rings (SSSR count). The van der Waals surface area contributed by atoms with Crippen molar-refractivity contribution in [1.29, 1.82) is 0 Å². The Hall–Kier alpha value is -2.25. The third-order valence-corrected chi connectivity index (χ3v) is 5.33. The fraction of sp³-hybridized carbons (Fsp3) is 0.450. The van der Waals surface area contributed by atoms with Crippen molar-refractivity contribution < 1.29 is 9.59 Å². The molecule has 2 heterocycles. The van der Waals surface area contributed by atoms with Crippen molar-refractivity contribution in [3.8, 4) is 0 Å². The number of rotatable bonds is 6. The van der Waals surface area contributed by atoms with E-state index in [1.54, 1.807) is 5.38 Å². The second-order valence-corrected chi connectivity index (χ2v) is 7.77. The van der Waals surface area contributed by atoms with Crippen LogP contribution in [0.4, 0.5) is 5.13 Å². The molecule has 0 unspecified atom stereocenters. The van der Waals surface area contributed by atoms with Crippen molar-refractivity contribution in [1.82, 2.24) is 15.2 Å². The fourth-order valence-electron chi connectivity index (χ4n) is 3.25. The summed E-state index contributed by atoms with van der Waals surface area (Å²) in [6.07, 6.45) is 5.24. The number of carbonyl (C=O) groups excluding carboxylic acids is 2. The standard InChI is InChI=1S/C20H26N4O2S/c1-15(25)22-20-23-18(14-27-20)19(26)21-12-16-7-6-8-17(11-16)13-24-9-4-2-3-5-10-24/h6-8,11,14H,2-5,9-10,12-13H2,1H3,(H,21,26)(H,22,23,25). The van der Waals surface area contributed by atoms with Crippen LogP contribution in [0.3, 0.4) is 0 Å². The highest BCUT2D eigenvalue weighted by atomic mass is 32.1. The molecule has 1 fully saturated rings. The van der Waals surface area contributed by atoms with Gasteiger partial charge in [-0.25, -0.2) is 4.98 Å². The molecule has 0 aliphatic carbocycles. The van der Waals surface area contributed by atoms with Gasteiger partial charge in [0.1, 0.15) is 5.69 Å². The molecule has 0 spiro atoms. The minimum absolute atomic E-state index is 0.197. The van der Waals surface area contributed by atoms with Crippen LogP contribution in [0, 0.1) is 0 Å². The number of nitrogens with one attached hydrogen (secondary N) is 2. The summed E-state index contributed by atoms with van der Waals surface area (Å²) in [4.78, 5) is 30.0. The average molecular weight is 387 g/mol. The van der Waals surface area contributed by atoms with Crippen LogP contribution in [0.5, 0.6) is 0 Å². The molecule has 0 atom stereocenters. The molecule has 1 saturated heterocycles. The molecule has 1 aliphatic heterocycles. The van der Waals surface area contributed by atoms with Crippen LogP contribution in [-0.4, -0.2) is 34.8 Å². The minimum atomic E-state index is -0.235. The Morgan fingerprint density at radius 3 is 2.63 bits per heavy atom. The maximum atomic E-state index is 12.3. The van der Waals surface area contributed by atoms with Crippen LogP contribution in [0.15, 0.2) is 29.6 Å². The van der Waals surface area contributed by atoms with Crippen molar-refractivity contribution >= 4 is 28.3 Å². The van der Waals surface area contributed by atoms with E-state index < -0.39 is 0 Å². The van der Waals surface area contributed by atoms with E-state index in [-0.39, 0.29) is 11.8 Å². The molecule has 0 saturated carbocycles. The van der Waals surface area contributed by atoms with Crippen molar-refractivity contribution in [3.05, 3.63) is 46.5 Å². The molecule has 1 aromatic carbocycles. The SMILES string of the molecule is CC(=O)Nc1nc(C(=O)NCc2cccc(CN3CCCCCC3)c2)cs1. The first-order chi connectivity index (χ1) is 13.1. The summed E-state index contributed by atoms with van der Waals surface area (Å²) in [6, 6.07) is 8.38. The predicted molar refractivity (Wildman–Crippen MR) is 108 cm³/mol. The van der Waals surface area contributed by atoms with E-state index in [9.17, 15) is 9.59 Å². The van der Waals surface area contributed by atoms with Gasteiger partial charge in [0.2, 0.25) is 5.91 Å². The van der Waals surface area contributed by atoms with Gasteiger partial charge < -0.3 is 10.6 Å². The van der Waals surface area contributed by atoms with Crippen LogP contribution in [0.2, 0.25) is 0 Å². The number of hydrogen-bond acceptors (Lipinski definition) is 5. The summed E-state index contributed by atoms with van der Waals surface area (Å²) >= 11 is 1.24. The Morgan fingerprint density at radius 2 is 1.89 bits per heavy atom. The van der Waals surface area contributed by atoms with Gasteiger partial charge in [-0.2, -0.15) is 0 Å². The first-order valence-corrected chi connectivity index (χ1v) is 10.3. The summed E-state index contributed by atoms with van der Waals surface area (Å²) in [6.45, 7) is 5.18. The summed E-state index contributed by atoms with van der Waals surface area (Å²) in [5, 5.41) is 7.58. The summed E-state index contributed by atoms with van der Waals surface area (Å²) < 4.78 is 0. The van der Waals surface area contributed by atoms with Gasteiger partial charge >= 0.3 is 0 Å². The first-order valence-electron chi connectivity index (χ1n) is 9.41. The lowest BCUT2D eigenvalue weighted by atomic mass is 10.1. The topological polar surface area (TPSA) is 74.3 Å². The number of amides is 2. The molecule has 144 valence electrons. The van der Waals surface area contributed by atoms with Gasteiger partial charge in [-0.15, -0.1) is 11.3 Å². The number of hydrogen-bond donors (Lipinski definition) is 2. The Balaban J connectivity index is 1.53. The Kier molecular flexibility index (Phi) is 6.95. The zero-order valence-electron chi connectivity index (χ0n) is 15.7. The van der Waals surface area contributed by atoms with E-state index in [4.69, 9.17) is 0 Å². The van der Waals surface area contributed by atoms with Crippen molar-refractivity contribution in [2.45, 2.75) is 45.7 Å². The second kappa shape index (κ2) is 9.62.